The number of hydrogen-bond acceptors (Lipinski definition) is 2. The minimum Gasteiger partial charge on any atom is -1.00 e. The molecule has 0 aliphatic heterocycles. The van der Waals surface area contributed by atoms with Gasteiger partial charge < -0.3 is 6.53 Å². The van der Waals surface area contributed by atoms with Gasteiger partial charge in [-0.1, -0.05) is 0 Å². The Labute approximate surface area is 86.4 Å². The van der Waals surface area contributed by atoms with E-state index in [4.69, 9.17) is 14.0 Å². The standard InChI is InChI=1S/C2H7AsO2.C2H4O2.Na.H/c1-3(2,4)5;1-2(3)4;;/h1-2H3,(H,4,5);1H3,(H,3,4);;/q;;+1;-1. The van der Waals surface area contributed by atoms with E-state index in [9.17, 15) is 3.74 Å². The van der Waals surface area contributed by atoms with Crippen LogP contribution in [0.5, 0.6) is 0 Å². The summed E-state index contributed by atoms with van der Waals surface area (Å²) in [6, 6.07) is 0. The molecule has 2 N–H and O–H groups in total. The smallest absolute Gasteiger partial charge is 1.00 e. The van der Waals surface area contributed by atoms with E-state index in [2.05, 4.69) is 0 Å². The number of carboxylic acid groups (broad SMARTS) is 1. The first-order chi connectivity index (χ1) is 3.73. The predicted molar refractivity (Wildman–Crippen MR) is 34.8 cm³/mol. The fourth-order valence-corrected chi connectivity index (χ4v) is 0. The molecule has 4 nitrogen and oxygen atoms in total. The van der Waals surface area contributed by atoms with Gasteiger partial charge in [-0.05, 0) is 0 Å². The molecule has 0 spiro atoms. The average Bonchev–Trinajstić information content (AvgIpc) is 1.19. The number of hydrogen-bond donors (Lipinski definition) is 2. The van der Waals surface area contributed by atoms with Crippen molar-refractivity contribution in [1.82, 2.24) is 0 Å². The monoisotopic (exact) mass is 222 g/mol. The van der Waals surface area contributed by atoms with Crippen LogP contribution in [0, 0.1) is 0 Å². The van der Waals surface area contributed by atoms with Crippen LogP contribution in [0.1, 0.15) is 8.35 Å². The molecule has 58 valence electrons. The average molecular weight is 222 g/mol. The zero-order valence-electron chi connectivity index (χ0n) is 7.66. The summed E-state index contributed by atoms with van der Waals surface area (Å²) in [5.41, 5.74) is 2.72. The largest absolute Gasteiger partial charge is 1.00 e. The van der Waals surface area contributed by atoms with Gasteiger partial charge in [0.25, 0.3) is 5.97 Å². The first-order valence-electron chi connectivity index (χ1n) is 2.20. The van der Waals surface area contributed by atoms with Gasteiger partial charge >= 0.3 is 62.6 Å². The third-order valence-electron chi connectivity index (χ3n) is 0. The van der Waals surface area contributed by atoms with Gasteiger partial charge in [0.15, 0.2) is 0 Å². The summed E-state index contributed by atoms with van der Waals surface area (Å²) < 4.78 is 18.0. The number of carbonyl (C=O) groups is 1. The first-order valence-corrected chi connectivity index (χ1v) is 7.56. The molecule has 0 bridgehead atoms. The molecule has 0 radical (unpaired) electrons. The van der Waals surface area contributed by atoms with E-state index in [1.54, 1.807) is 0 Å². The van der Waals surface area contributed by atoms with Crippen LogP contribution in [0.2, 0.25) is 11.4 Å². The molecule has 0 saturated heterocycles. The Balaban J connectivity index is -0.0000000383. The quantitative estimate of drug-likeness (QED) is 0.438. The van der Waals surface area contributed by atoms with Crippen molar-refractivity contribution in [2.75, 3.05) is 0 Å². The second-order valence-electron chi connectivity index (χ2n) is 1.81. The van der Waals surface area contributed by atoms with Crippen molar-refractivity contribution in [3.05, 3.63) is 0 Å². The third-order valence-corrected chi connectivity index (χ3v) is 0. The Kier molecular flexibility index (Phi) is 13.4. The maximum Gasteiger partial charge on any atom is 1.00 e. The van der Waals surface area contributed by atoms with Crippen LogP contribution in [-0.4, -0.2) is 29.0 Å². The Morgan fingerprint density at radius 3 is 1.50 bits per heavy atom. The third kappa shape index (κ3) is 858. The van der Waals surface area contributed by atoms with Gasteiger partial charge in [-0.2, -0.15) is 0 Å². The Bertz CT molecular complexity index is 122. The molecule has 0 saturated carbocycles. The number of rotatable bonds is 0. The molecule has 0 amide bonds. The molecular formula is C4H12AsNaO4. The SMILES string of the molecule is CC(=O)O.C[As](C)(=O)O.[H-].[Na+]. The van der Waals surface area contributed by atoms with Crippen molar-refractivity contribution >= 4 is 19.8 Å². The van der Waals surface area contributed by atoms with Gasteiger partial charge in [-0.3, -0.25) is 4.79 Å². The molecule has 0 rings (SSSR count). The Morgan fingerprint density at radius 2 is 1.50 bits per heavy atom. The van der Waals surface area contributed by atoms with Crippen molar-refractivity contribution in [2.24, 2.45) is 0 Å². The summed E-state index contributed by atoms with van der Waals surface area (Å²) in [5.74, 6) is -0.833. The summed E-state index contributed by atoms with van der Waals surface area (Å²) in [6.45, 7) is 1.08. The maximum absolute atomic E-state index is 9.83. The van der Waals surface area contributed by atoms with Crippen LogP contribution in [0.15, 0.2) is 0 Å². The van der Waals surface area contributed by atoms with Crippen LogP contribution in [0.3, 0.4) is 0 Å². The second kappa shape index (κ2) is 7.89. The van der Waals surface area contributed by atoms with Gasteiger partial charge in [0.2, 0.25) is 0 Å². The Hall–Kier alpha value is 0.788. The van der Waals surface area contributed by atoms with E-state index >= 15 is 0 Å². The van der Waals surface area contributed by atoms with Crippen LogP contribution >= 0.6 is 0 Å². The molecule has 10 heavy (non-hydrogen) atoms. The normalized spacial score (nSPS) is 8.40. The molecule has 0 aromatic heterocycles. The minimum absolute atomic E-state index is 0. The molecule has 0 atom stereocenters. The van der Waals surface area contributed by atoms with E-state index in [0.29, 0.717) is 0 Å². The number of aliphatic carboxylic acids is 1. The van der Waals surface area contributed by atoms with Gasteiger partial charge in [-0.15, -0.1) is 0 Å². The molecule has 0 aliphatic rings. The summed E-state index contributed by atoms with van der Waals surface area (Å²) in [7, 11) is 0. The van der Waals surface area contributed by atoms with Crippen molar-refractivity contribution in [3.63, 3.8) is 0 Å². The van der Waals surface area contributed by atoms with E-state index in [1.165, 1.54) is 11.4 Å². The van der Waals surface area contributed by atoms with Crippen LogP contribution in [0.25, 0.3) is 0 Å². The van der Waals surface area contributed by atoms with Gasteiger partial charge in [0.05, 0.1) is 0 Å². The van der Waals surface area contributed by atoms with Crippen molar-refractivity contribution in [2.45, 2.75) is 18.3 Å². The molecule has 0 aliphatic carbocycles. The number of carboxylic acids is 1. The summed E-state index contributed by atoms with van der Waals surface area (Å²) in [6.07, 6.45) is 0. The maximum atomic E-state index is 9.83. The van der Waals surface area contributed by atoms with Crippen LogP contribution < -0.4 is 29.6 Å². The van der Waals surface area contributed by atoms with E-state index in [-0.39, 0.29) is 31.0 Å². The minimum atomic E-state index is -3.12. The zero-order valence-corrected chi connectivity index (χ0v) is 10.5. The van der Waals surface area contributed by atoms with E-state index in [1.807, 2.05) is 0 Å². The van der Waals surface area contributed by atoms with Crippen molar-refractivity contribution < 1.29 is 48.7 Å². The fourth-order valence-electron chi connectivity index (χ4n) is 0. The topological polar surface area (TPSA) is 74.6 Å². The predicted octanol–water partition coefficient (Wildman–Crippen LogP) is -2.68. The molecule has 0 heterocycles. The van der Waals surface area contributed by atoms with Gasteiger partial charge in [-0.25, -0.2) is 0 Å². The summed E-state index contributed by atoms with van der Waals surface area (Å²) in [5, 5.41) is 7.42. The van der Waals surface area contributed by atoms with E-state index < -0.39 is 19.8 Å². The molecule has 0 aromatic carbocycles. The molecule has 0 unspecified atom stereocenters. The first kappa shape index (κ1) is 17.0. The van der Waals surface area contributed by atoms with Gasteiger partial charge in [0, 0.05) is 6.92 Å². The molecule has 0 fully saturated rings. The summed E-state index contributed by atoms with van der Waals surface area (Å²) in [4.78, 5) is 9.00. The molecule has 0 aromatic rings. The van der Waals surface area contributed by atoms with E-state index in [0.717, 1.165) is 6.92 Å². The van der Waals surface area contributed by atoms with Crippen molar-refractivity contribution in [3.8, 4) is 0 Å². The second-order valence-corrected chi connectivity index (χ2v) is 7.24. The van der Waals surface area contributed by atoms with Gasteiger partial charge in [0.1, 0.15) is 0 Å². The molecule has 6 heteroatoms. The Morgan fingerprint density at radius 1 is 1.50 bits per heavy atom. The van der Waals surface area contributed by atoms with Crippen LogP contribution in [0.4, 0.5) is 0 Å². The van der Waals surface area contributed by atoms with Crippen LogP contribution in [-0.2, 0) is 8.53 Å². The zero-order chi connectivity index (χ0) is 8.08. The summed E-state index contributed by atoms with van der Waals surface area (Å²) >= 11 is -3.12. The fraction of sp³-hybridized carbons (Fsp3) is 0.750. The van der Waals surface area contributed by atoms with Crippen molar-refractivity contribution in [1.29, 1.82) is 0 Å². The molecular weight excluding hydrogens is 210 g/mol.